The van der Waals surface area contributed by atoms with Gasteiger partial charge in [-0.3, -0.25) is 9.78 Å². The van der Waals surface area contributed by atoms with E-state index in [4.69, 9.17) is 0 Å². The van der Waals surface area contributed by atoms with E-state index >= 15 is 0 Å². The molecule has 4 heteroatoms. The molecule has 0 aliphatic rings. The number of hydrogen-bond acceptors (Lipinski definition) is 2. The van der Waals surface area contributed by atoms with Crippen LogP contribution in [0.2, 0.25) is 0 Å². The highest BCUT2D eigenvalue weighted by atomic mass is 19.1. The van der Waals surface area contributed by atoms with E-state index in [1.807, 2.05) is 24.3 Å². The number of aromatic nitrogens is 1. The SMILES string of the molecule is O=C(Cc1ccccc1F)Nc1cccc2cnccc12. The molecule has 0 saturated heterocycles. The third kappa shape index (κ3) is 2.89. The third-order valence-electron chi connectivity index (χ3n) is 3.26. The van der Waals surface area contributed by atoms with Crippen LogP contribution in [0.4, 0.5) is 10.1 Å². The Morgan fingerprint density at radius 2 is 1.95 bits per heavy atom. The number of pyridine rings is 1. The maximum absolute atomic E-state index is 13.6. The first-order chi connectivity index (χ1) is 10.2. The molecule has 0 aliphatic carbocycles. The van der Waals surface area contributed by atoms with Gasteiger partial charge in [-0.2, -0.15) is 0 Å². The van der Waals surface area contributed by atoms with E-state index in [-0.39, 0.29) is 18.1 Å². The summed E-state index contributed by atoms with van der Waals surface area (Å²) in [6, 6.07) is 13.7. The summed E-state index contributed by atoms with van der Waals surface area (Å²) in [5.74, 6) is -0.612. The molecule has 2 aromatic carbocycles. The van der Waals surface area contributed by atoms with Crippen LogP contribution in [-0.4, -0.2) is 10.9 Å². The van der Waals surface area contributed by atoms with Crippen LogP contribution in [0, 0.1) is 5.82 Å². The lowest BCUT2D eigenvalue weighted by atomic mass is 10.1. The van der Waals surface area contributed by atoms with Crippen molar-refractivity contribution in [3.8, 4) is 0 Å². The van der Waals surface area contributed by atoms with Gasteiger partial charge in [0.15, 0.2) is 0 Å². The fourth-order valence-electron chi connectivity index (χ4n) is 2.24. The Balaban J connectivity index is 1.82. The van der Waals surface area contributed by atoms with Crippen molar-refractivity contribution in [2.24, 2.45) is 0 Å². The minimum Gasteiger partial charge on any atom is -0.325 e. The lowest BCUT2D eigenvalue weighted by Gasteiger charge is -2.09. The van der Waals surface area contributed by atoms with Crippen molar-refractivity contribution in [3.05, 3.63) is 72.3 Å². The van der Waals surface area contributed by atoms with Gasteiger partial charge in [0.25, 0.3) is 0 Å². The van der Waals surface area contributed by atoms with Gasteiger partial charge in [-0.25, -0.2) is 4.39 Å². The molecule has 1 amide bonds. The van der Waals surface area contributed by atoms with Gasteiger partial charge in [0.1, 0.15) is 5.82 Å². The summed E-state index contributed by atoms with van der Waals surface area (Å²) >= 11 is 0. The van der Waals surface area contributed by atoms with Gasteiger partial charge in [-0.05, 0) is 23.8 Å². The highest BCUT2D eigenvalue weighted by Gasteiger charge is 2.09. The molecule has 3 aromatic rings. The molecule has 0 bridgehead atoms. The summed E-state index contributed by atoms with van der Waals surface area (Å²) in [4.78, 5) is 16.1. The summed E-state index contributed by atoms with van der Waals surface area (Å²) in [5.41, 5.74) is 1.09. The average Bonchev–Trinajstić information content (AvgIpc) is 2.50. The number of anilines is 1. The van der Waals surface area contributed by atoms with Crippen molar-refractivity contribution in [1.82, 2.24) is 4.98 Å². The van der Waals surface area contributed by atoms with Gasteiger partial charge >= 0.3 is 0 Å². The first-order valence-electron chi connectivity index (χ1n) is 6.60. The fraction of sp³-hybridized carbons (Fsp3) is 0.0588. The molecule has 21 heavy (non-hydrogen) atoms. The molecule has 1 heterocycles. The number of fused-ring (bicyclic) bond motifs is 1. The molecule has 0 atom stereocenters. The predicted molar refractivity (Wildman–Crippen MR) is 80.5 cm³/mol. The number of rotatable bonds is 3. The molecule has 104 valence electrons. The van der Waals surface area contributed by atoms with Crippen LogP contribution in [0.3, 0.4) is 0 Å². The van der Waals surface area contributed by atoms with Crippen molar-refractivity contribution in [3.63, 3.8) is 0 Å². The number of carbonyl (C=O) groups excluding carboxylic acids is 1. The zero-order valence-corrected chi connectivity index (χ0v) is 11.2. The van der Waals surface area contributed by atoms with Crippen molar-refractivity contribution in [1.29, 1.82) is 0 Å². The summed E-state index contributed by atoms with van der Waals surface area (Å²) in [5, 5.41) is 4.68. The van der Waals surface area contributed by atoms with E-state index in [1.54, 1.807) is 30.6 Å². The summed E-state index contributed by atoms with van der Waals surface area (Å²) in [6.07, 6.45) is 3.42. The van der Waals surface area contributed by atoms with Crippen LogP contribution >= 0.6 is 0 Å². The van der Waals surface area contributed by atoms with Crippen molar-refractivity contribution >= 4 is 22.4 Å². The molecule has 0 unspecified atom stereocenters. The molecule has 0 radical (unpaired) electrons. The van der Waals surface area contributed by atoms with Crippen LogP contribution in [0.15, 0.2) is 60.9 Å². The van der Waals surface area contributed by atoms with E-state index in [9.17, 15) is 9.18 Å². The second-order valence-corrected chi connectivity index (χ2v) is 4.72. The Hall–Kier alpha value is -2.75. The van der Waals surface area contributed by atoms with Gasteiger partial charge in [-0.15, -0.1) is 0 Å². The second kappa shape index (κ2) is 5.71. The zero-order chi connectivity index (χ0) is 14.7. The van der Waals surface area contributed by atoms with E-state index in [2.05, 4.69) is 10.3 Å². The van der Waals surface area contributed by atoms with Gasteiger partial charge in [0.2, 0.25) is 5.91 Å². The lowest BCUT2D eigenvalue weighted by Crippen LogP contribution is -2.15. The van der Waals surface area contributed by atoms with Gasteiger partial charge < -0.3 is 5.32 Å². The maximum Gasteiger partial charge on any atom is 0.228 e. The van der Waals surface area contributed by atoms with Crippen molar-refractivity contribution in [2.45, 2.75) is 6.42 Å². The van der Waals surface area contributed by atoms with Crippen LogP contribution < -0.4 is 5.32 Å². The van der Waals surface area contributed by atoms with E-state index in [0.717, 1.165) is 10.8 Å². The van der Waals surface area contributed by atoms with Gasteiger partial charge in [-0.1, -0.05) is 30.3 Å². The van der Waals surface area contributed by atoms with Crippen LogP contribution in [0.1, 0.15) is 5.56 Å². The first-order valence-corrected chi connectivity index (χ1v) is 6.60. The largest absolute Gasteiger partial charge is 0.325 e. The van der Waals surface area contributed by atoms with E-state index < -0.39 is 0 Å². The minimum atomic E-state index is -0.366. The van der Waals surface area contributed by atoms with Crippen molar-refractivity contribution in [2.75, 3.05) is 5.32 Å². The Morgan fingerprint density at radius 1 is 1.10 bits per heavy atom. The Bertz CT molecular complexity index is 796. The molecule has 1 N–H and O–H groups in total. The number of carbonyl (C=O) groups is 1. The van der Waals surface area contributed by atoms with Crippen LogP contribution in [-0.2, 0) is 11.2 Å². The third-order valence-corrected chi connectivity index (χ3v) is 3.26. The number of nitrogens with zero attached hydrogens (tertiary/aromatic N) is 1. The fourth-order valence-corrected chi connectivity index (χ4v) is 2.24. The number of halogens is 1. The first kappa shape index (κ1) is 13.2. The van der Waals surface area contributed by atoms with Gasteiger partial charge in [0, 0.05) is 28.9 Å². The normalized spacial score (nSPS) is 10.5. The lowest BCUT2D eigenvalue weighted by molar-refractivity contribution is -0.115. The maximum atomic E-state index is 13.6. The number of nitrogens with one attached hydrogen (secondary N) is 1. The number of amides is 1. The quantitative estimate of drug-likeness (QED) is 0.797. The molecule has 1 aromatic heterocycles. The standard InChI is InChI=1S/C17H13FN2O/c18-15-6-2-1-4-12(15)10-17(21)20-16-7-3-5-13-11-19-9-8-14(13)16/h1-9,11H,10H2,(H,20,21). The van der Waals surface area contributed by atoms with Gasteiger partial charge in [0.05, 0.1) is 6.42 Å². The molecule has 0 saturated carbocycles. The highest BCUT2D eigenvalue weighted by molar-refractivity contribution is 6.02. The summed E-state index contributed by atoms with van der Waals surface area (Å²) in [6.45, 7) is 0. The predicted octanol–water partition coefficient (Wildman–Crippen LogP) is 3.56. The smallest absolute Gasteiger partial charge is 0.228 e. The van der Waals surface area contributed by atoms with E-state index in [0.29, 0.717) is 11.3 Å². The Morgan fingerprint density at radius 3 is 2.81 bits per heavy atom. The molecule has 0 spiro atoms. The number of hydrogen-bond donors (Lipinski definition) is 1. The molecule has 0 aliphatic heterocycles. The highest BCUT2D eigenvalue weighted by Crippen LogP contribution is 2.22. The molecule has 0 fully saturated rings. The second-order valence-electron chi connectivity index (χ2n) is 4.72. The zero-order valence-electron chi connectivity index (χ0n) is 11.2. The van der Waals surface area contributed by atoms with E-state index in [1.165, 1.54) is 6.07 Å². The topological polar surface area (TPSA) is 42.0 Å². The average molecular weight is 280 g/mol. The molecular weight excluding hydrogens is 267 g/mol. The summed E-state index contributed by atoms with van der Waals surface area (Å²) < 4.78 is 13.6. The van der Waals surface area contributed by atoms with Crippen LogP contribution in [0.5, 0.6) is 0 Å². The number of benzene rings is 2. The van der Waals surface area contributed by atoms with Crippen molar-refractivity contribution < 1.29 is 9.18 Å². The Labute approximate surface area is 121 Å². The molecular formula is C17H13FN2O. The minimum absolute atomic E-state index is 0.00808. The Kier molecular flexibility index (Phi) is 3.60. The summed E-state index contributed by atoms with van der Waals surface area (Å²) in [7, 11) is 0. The molecule has 3 rings (SSSR count). The van der Waals surface area contributed by atoms with Crippen LogP contribution in [0.25, 0.3) is 10.8 Å². The monoisotopic (exact) mass is 280 g/mol. The molecule has 3 nitrogen and oxygen atoms in total.